The molecule has 1 aliphatic rings. The molecule has 0 radical (unpaired) electrons. The smallest absolute Gasteiger partial charge is 0.156 e. The van der Waals surface area contributed by atoms with Crippen molar-refractivity contribution in [2.45, 2.75) is 19.8 Å². The van der Waals surface area contributed by atoms with E-state index in [1.807, 2.05) is 19.1 Å². The average molecular weight is 122 g/mol. The van der Waals surface area contributed by atoms with Gasteiger partial charge in [-0.15, -0.1) is 0 Å². The summed E-state index contributed by atoms with van der Waals surface area (Å²) in [4.78, 5) is 10.6. The van der Waals surface area contributed by atoms with Gasteiger partial charge in [-0.1, -0.05) is 12.2 Å². The maximum Gasteiger partial charge on any atom is 0.156 e. The molecule has 0 atom stereocenters. The normalized spacial score (nSPS) is 19.2. The van der Waals surface area contributed by atoms with Crippen molar-refractivity contribution >= 4 is 5.78 Å². The second-order valence-corrected chi connectivity index (χ2v) is 2.19. The quantitative estimate of drug-likeness (QED) is 0.518. The molecule has 0 N–H and O–H groups in total. The summed E-state index contributed by atoms with van der Waals surface area (Å²) in [5.41, 5.74) is 1.17. The van der Waals surface area contributed by atoms with Gasteiger partial charge in [0.25, 0.3) is 0 Å². The van der Waals surface area contributed by atoms with Crippen LogP contribution in [-0.4, -0.2) is 5.78 Å². The van der Waals surface area contributed by atoms with E-state index in [4.69, 9.17) is 0 Å². The zero-order valence-corrected chi connectivity index (χ0v) is 5.55. The number of allylic oxidation sites excluding steroid dienone is 4. The summed E-state index contributed by atoms with van der Waals surface area (Å²) in [5, 5.41) is 0. The summed E-state index contributed by atoms with van der Waals surface area (Å²) in [6, 6.07) is 0. The van der Waals surface area contributed by atoms with E-state index < -0.39 is 0 Å². The van der Waals surface area contributed by atoms with Crippen molar-refractivity contribution in [3.05, 3.63) is 23.8 Å². The van der Waals surface area contributed by atoms with Crippen molar-refractivity contribution in [1.82, 2.24) is 0 Å². The van der Waals surface area contributed by atoms with Crippen molar-refractivity contribution < 1.29 is 4.79 Å². The first kappa shape index (κ1) is 6.27. The minimum atomic E-state index is 0.267. The second-order valence-electron chi connectivity index (χ2n) is 2.19. The molecule has 0 amide bonds. The fourth-order valence-corrected chi connectivity index (χ4v) is 0.964. The summed E-state index contributed by atoms with van der Waals surface area (Å²) in [6.07, 6.45) is 7.32. The second kappa shape index (κ2) is 2.62. The van der Waals surface area contributed by atoms with Gasteiger partial charge in [0, 0.05) is 6.42 Å². The molecule has 1 heteroatoms. The van der Waals surface area contributed by atoms with E-state index in [9.17, 15) is 4.79 Å². The maximum absolute atomic E-state index is 10.6. The Labute approximate surface area is 55.1 Å². The molecule has 0 aromatic heterocycles. The topological polar surface area (TPSA) is 17.1 Å². The summed E-state index contributed by atoms with van der Waals surface area (Å²) in [6.45, 7) is 1.96. The molecule has 0 aromatic carbocycles. The van der Waals surface area contributed by atoms with Gasteiger partial charge in [-0.3, -0.25) is 4.79 Å². The largest absolute Gasteiger partial charge is 0.295 e. The Bertz CT molecular complexity index is 175. The highest BCUT2D eigenvalue weighted by Gasteiger charge is 2.07. The highest BCUT2D eigenvalue weighted by atomic mass is 16.1. The van der Waals surface area contributed by atoms with E-state index in [2.05, 4.69) is 0 Å². The van der Waals surface area contributed by atoms with Gasteiger partial charge < -0.3 is 0 Å². The lowest BCUT2D eigenvalue weighted by atomic mass is 10.2. The van der Waals surface area contributed by atoms with Gasteiger partial charge in [0.1, 0.15) is 0 Å². The molecule has 0 aromatic rings. The van der Waals surface area contributed by atoms with Crippen LogP contribution in [0.5, 0.6) is 0 Å². The van der Waals surface area contributed by atoms with Crippen molar-refractivity contribution in [2.24, 2.45) is 0 Å². The lowest BCUT2D eigenvalue weighted by molar-refractivity contribution is -0.114. The molecule has 0 fully saturated rings. The SMILES string of the molecule is C/C=C/C1=CC(=O)CC1. The molecule has 0 heterocycles. The molecular formula is C8H10O. The van der Waals surface area contributed by atoms with Gasteiger partial charge in [0.15, 0.2) is 5.78 Å². The molecule has 9 heavy (non-hydrogen) atoms. The monoisotopic (exact) mass is 122 g/mol. The van der Waals surface area contributed by atoms with Gasteiger partial charge in [0.05, 0.1) is 0 Å². The molecule has 0 saturated heterocycles. The number of hydrogen-bond acceptors (Lipinski definition) is 1. The van der Waals surface area contributed by atoms with Crippen LogP contribution >= 0.6 is 0 Å². The fourth-order valence-electron chi connectivity index (χ4n) is 0.964. The van der Waals surface area contributed by atoms with E-state index >= 15 is 0 Å². The summed E-state index contributed by atoms with van der Waals surface area (Å²) in [7, 11) is 0. The zero-order chi connectivity index (χ0) is 6.69. The molecule has 0 saturated carbocycles. The third-order valence-electron chi connectivity index (χ3n) is 1.39. The molecular weight excluding hydrogens is 112 g/mol. The average Bonchev–Trinajstić information content (AvgIpc) is 2.17. The summed E-state index contributed by atoms with van der Waals surface area (Å²) >= 11 is 0. The lowest BCUT2D eigenvalue weighted by Crippen LogP contribution is -1.80. The van der Waals surface area contributed by atoms with Gasteiger partial charge in [-0.05, 0) is 25.0 Å². The first-order valence-electron chi connectivity index (χ1n) is 3.19. The van der Waals surface area contributed by atoms with Gasteiger partial charge in [0.2, 0.25) is 0 Å². The van der Waals surface area contributed by atoms with Crippen molar-refractivity contribution in [1.29, 1.82) is 0 Å². The Morgan fingerprint density at radius 1 is 1.56 bits per heavy atom. The van der Waals surface area contributed by atoms with Crippen LogP contribution < -0.4 is 0 Å². The third-order valence-corrected chi connectivity index (χ3v) is 1.39. The van der Waals surface area contributed by atoms with Crippen molar-refractivity contribution in [3.63, 3.8) is 0 Å². The molecule has 1 aliphatic carbocycles. The first-order chi connectivity index (χ1) is 4.33. The minimum absolute atomic E-state index is 0.267. The Morgan fingerprint density at radius 2 is 2.33 bits per heavy atom. The Kier molecular flexibility index (Phi) is 1.83. The third kappa shape index (κ3) is 1.53. The van der Waals surface area contributed by atoms with E-state index in [1.165, 1.54) is 5.57 Å². The summed E-state index contributed by atoms with van der Waals surface area (Å²) < 4.78 is 0. The predicted octanol–water partition coefficient (Wildman–Crippen LogP) is 1.85. The van der Waals surface area contributed by atoms with Crippen LogP contribution in [-0.2, 0) is 4.79 Å². The van der Waals surface area contributed by atoms with Crippen molar-refractivity contribution in [3.8, 4) is 0 Å². The first-order valence-corrected chi connectivity index (χ1v) is 3.19. The van der Waals surface area contributed by atoms with Crippen LogP contribution in [0.25, 0.3) is 0 Å². The summed E-state index contributed by atoms with van der Waals surface area (Å²) in [5.74, 6) is 0.267. The molecule has 48 valence electrons. The molecule has 0 spiro atoms. The number of ketones is 1. The van der Waals surface area contributed by atoms with Gasteiger partial charge >= 0.3 is 0 Å². The van der Waals surface area contributed by atoms with E-state index in [0.29, 0.717) is 6.42 Å². The van der Waals surface area contributed by atoms with E-state index in [-0.39, 0.29) is 5.78 Å². The van der Waals surface area contributed by atoms with Gasteiger partial charge in [-0.25, -0.2) is 0 Å². The van der Waals surface area contributed by atoms with Crippen LogP contribution in [0.2, 0.25) is 0 Å². The maximum atomic E-state index is 10.6. The number of hydrogen-bond donors (Lipinski definition) is 0. The highest BCUT2D eigenvalue weighted by Crippen LogP contribution is 2.15. The molecule has 0 unspecified atom stereocenters. The Morgan fingerprint density at radius 3 is 2.78 bits per heavy atom. The Hall–Kier alpha value is -0.850. The van der Waals surface area contributed by atoms with Crippen LogP contribution in [0, 0.1) is 0 Å². The fraction of sp³-hybridized carbons (Fsp3) is 0.375. The van der Waals surface area contributed by atoms with Crippen LogP contribution in [0.4, 0.5) is 0 Å². The number of carbonyl (C=O) groups is 1. The molecule has 0 bridgehead atoms. The molecule has 1 rings (SSSR count). The van der Waals surface area contributed by atoms with Crippen molar-refractivity contribution in [2.75, 3.05) is 0 Å². The highest BCUT2D eigenvalue weighted by molar-refractivity contribution is 5.93. The van der Waals surface area contributed by atoms with E-state index in [0.717, 1.165) is 6.42 Å². The predicted molar refractivity (Wildman–Crippen MR) is 37.1 cm³/mol. The molecule has 1 nitrogen and oxygen atoms in total. The standard InChI is InChI=1S/C8H10O/c1-2-3-7-4-5-8(9)6-7/h2-3,6H,4-5H2,1H3/b3-2+. The van der Waals surface area contributed by atoms with Crippen LogP contribution in [0.1, 0.15) is 19.8 Å². The Balaban J connectivity index is 2.62. The number of carbonyl (C=O) groups excluding carboxylic acids is 1. The van der Waals surface area contributed by atoms with E-state index in [1.54, 1.807) is 6.08 Å². The van der Waals surface area contributed by atoms with Crippen LogP contribution in [0.15, 0.2) is 23.8 Å². The minimum Gasteiger partial charge on any atom is -0.295 e. The van der Waals surface area contributed by atoms with Gasteiger partial charge in [-0.2, -0.15) is 0 Å². The van der Waals surface area contributed by atoms with Crippen LogP contribution in [0.3, 0.4) is 0 Å². The number of rotatable bonds is 1. The zero-order valence-electron chi connectivity index (χ0n) is 5.55. The lowest BCUT2D eigenvalue weighted by Gasteiger charge is -1.84. The molecule has 0 aliphatic heterocycles.